The molecule has 0 atom stereocenters. The Morgan fingerprint density at radius 3 is 1.32 bits per heavy atom. The van der Waals surface area contributed by atoms with E-state index >= 15 is 0 Å². The summed E-state index contributed by atoms with van der Waals surface area (Å²) in [4.78, 5) is 0. The summed E-state index contributed by atoms with van der Waals surface area (Å²) in [6, 6.07) is 45.8. The third-order valence-electron chi connectivity index (χ3n) is 12.2. The van der Waals surface area contributed by atoms with Gasteiger partial charge in [0.05, 0.1) is 0 Å². The minimum atomic E-state index is 0.164. The van der Waals surface area contributed by atoms with Crippen LogP contribution in [0.25, 0.3) is 109 Å². The van der Waals surface area contributed by atoms with Gasteiger partial charge in [-0.3, -0.25) is 0 Å². The Bertz CT molecular complexity index is 3560. The molecule has 0 aliphatic rings. The lowest BCUT2D eigenvalue weighted by Crippen LogP contribution is -2.50. The van der Waals surface area contributed by atoms with Gasteiger partial charge in [-0.15, -0.1) is 21.9 Å². The molecule has 10 aromatic carbocycles. The molecule has 0 N–H and O–H groups in total. The Kier molecular flexibility index (Phi) is 8.02. The van der Waals surface area contributed by atoms with Gasteiger partial charge in [0.25, 0.3) is 0 Å². The second kappa shape index (κ2) is 13.2. The number of furan rings is 1. The monoisotopic (exact) mass is 726 g/mol. The van der Waals surface area contributed by atoms with Gasteiger partial charge in [0, 0.05) is 16.2 Å². The minimum Gasteiger partial charge on any atom is -0.455 e. The van der Waals surface area contributed by atoms with E-state index in [-0.39, 0.29) is 43.7 Å². The van der Waals surface area contributed by atoms with Gasteiger partial charge in [0.15, 0.2) is 0 Å². The molecule has 1 aromatic heterocycles. The second-order valence-corrected chi connectivity index (χ2v) is 15.3. The zero-order chi connectivity index (χ0) is 40.4. The Hall–Kier alpha value is -6.18. The third kappa shape index (κ3) is 5.16. The fraction of sp³-hybridized carbons (Fsp3) is 0. The van der Waals surface area contributed by atoms with Crippen LogP contribution in [-0.4, -0.2) is 62.8 Å². The van der Waals surface area contributed by atoms with Gasteiger partial charge in [-0.05, 0) is 106 Å². The molecule has 0 saturated heterocycles. The predicted octanol–water partition coefficient (Wildman–Crippen LogP) is 4.70. The van der Waals surface area contributed by atoms with Gasteiger partial charge in [-0.25, -0.2) is 0 Å². The summed E-state index contributed by atoms with van der Waals surface area (Å²) < 4.78 is 6.48. The molecule has 11 rings (SSSR count). The van der Waals surface area contributed by atoms with E-state index in [4.69, 9.17) is 67.2 Å². The quantitative estimate of drug-likeness (QED) is 0.146. The lowest BCUT2D eigenvalue weighted by atomic mass is 9.59. The summed E-state index contributed by atoms with van der Waals surface area (Å²) in [5.74, 6) is 0. The van der Waals surface area contributed by atoms with Crippen LogP contribution in [0.4, 0.5) is 0 Å². The Balaban J connectivity index is 1.21. The smallest absolute Gasteiger partial charge is 0.143 e. The number of benzene rings is 10. The summed E-state index contributed by atoms with van der Waals surface area (Å²) in [5.41, 5.74) is 8.13. The number of fused-ring (bicyclic) bond motifs is 10. The van der Waals surface area contributed by atoms with Crippen molar-refractivity contribution in [3.8, 4) is 33.4 Å². The van der Waals surface area contributed by atoms with E-state index in [9.17, 15) is 0 Å². The molecular weight excluding hydrogens is 703 g/mol. The minimum absolute atomic E-state index is 0.164. The first-order valence-corrected chi connectivity index (χ1v) is 19.2. The molecule has 0 unspecified atom stereocenters. The van der Waals surface area contributed by atoms with Crippen LogP contribution in [0.1, 0.15) is 0 Å². The highest BCUT2D eigenvalue weighted by Crippen LogP contribution is 2.43. The maximum absolute atomic E-state index is 7.04. The predicted molar refractivity (Wildman–Crippen MR) is 261 cm³/mol. The Morgan fingerprint density at radius 2 is 0.712 bits per heavy atom. The highest BCUT2D eigenvalue weighted by molar-refractivity contribution is 6.71. The molecule has 0 amide bonds. The average Bonchev–Trinajstić information content (AvgIpc) is 3.66. The fourth-order valence-corrected chi connectivity index (χ4v) is 9.19. The van der Waals surface area contributed by atoms with Crippen LogP contribution >= 0.6 is 0 Å². The molecule has 0 fully saturated rings. The molecule has 252 valence electrons. The lowest BCUT2D eigenvalue weighted by molar-refractivity contribution is 0.672. The summed E-state index contributed by atoms with van der Waals surface area (Å²) in [6.07, 6.45) is 0. The molecule has 9 heteroatoms. The highest BCUT2D eigenvalue weighted by atomic mass is 16.3. The molecule has 0 aliphatic heterocycles. The van der Waals surface area contributed by atoms with E-state index in [2.05, 4.69) is 97.1 Å². The Labute approximate surface area is 351 Å². The van der Waals surface area contributed by atoms with Crippen LogP contribution in [0.15, 0.2) is 138 Å². The topological polar surface area (TPSA) is 13.1 Å². The van der Waals surface area contributed by atoms with Crippen molar-refractivity contribution < 1.29 is 4.42 Å². The van der Waals surface area contributed by atoms with Gasteiger partial charge in [-0.2, -0.15) is 0 Å². The van der Waals surface area contributed by atoms with Crippen LogP contribution in [0.5, 0.6) is 0 Å². The Morgan fingerprint density at radius 1 is 0.288 bits per heavy atom. The van der Waals surface area contributed by atoms with Crippen molar-refractivity contribution in [3.05, 3.63) is 133 Å². The van der Waals surface area contributed by atoms with E-state index in [1.165, 1.54) is 21.5 Å². The van der Waals surface area contributed by atoms with Crippen molar-refractivity contribution >= 4 is 182 Å². The molecule has 0 saturated carbocycles. The molecule has 1 heterocycles. The van der Waals surface area contributed by atoms with E-state index in [1.54, 1.807) is 0 Å². The van der Waals surface area contributed by atoms with Gasteiger partial charge in [-0.1, -0.05) is 131 Å². The number of rotatable bonds is 3. The largest absolute Gasteiger partial charge is 0.455 e. The van der Waals surface area contributed by atoms with Crippen molar-refractivity contribution in [1.29, 1.82) is 0 Å². The maximum Gasteiger partial charge on any atom is 0.143 e. The van der Waals surface area contributed by atoms with Crippen molar-refractivity contribution in [2.75, 3.05) is 0 Å². The highest BCUT2D eigenvalue weighted by Gasteiger charge is 2.25. The fourth-order valence-electron chi connectivity index (χ4n) is 9.19. The number of hydrogen-bond acceptors (Lipinski definition) is 1. The first-order chi connectivity index (χ1) is 28.6. The van der Waals surface area contributed by atoms with Gasteiger partial charge < -0.3 is 4.42 Å². The normalized spacial score (nSPS) is 11.9. The first-order valence-electron chi connectivity index (χ1n) is 19.2. The maximum atomic E-state index is 7.04. The van der Waals surface area contributed by atoms with Gasteiger partial charge in [0.2, 0.25) is 0 Å². The summed E-state index contributed by atoms with van der Waals surface area (Å²) in [5, 5.41) is 11.0. The molecule has 0 aliphatic carbocycles. The van der Waals surface area contributed by atoms with Crippen molar-refractivity contribution in [3.63, 3.8) is 0 Å². The first kappa shape index (κ1) is 35.9. The van der Waals surface area contributed by atoms with Crippen molar-refractivity contribution in [2.24, 2.45) is 0 Å². The van der Waals surface area contributed by atoms with E-state index < -0.39 is 0 Å². The summed E-state index contributed by atoms with van der Waals surface area (Å²) >= 11 is 0. The average molecular weight is 725 g/mol. The molecule has 1 nitrogen and oxygen atoms in total. The zero-order valence-corrected chi connectivity index (χ0v) is 31.7. The molecular formula is C50H22B8O. The van der Waals surface area contributed by atoms with Crippen LogP contribution in [0.2, 0.25) is 0 Å². The standard InChI is InChI=1S/C50H22B8O/c51-42-38-36(27-14-9-23(10-15-27)28-16-13-26-12-11-24-5-1-3-7-30(24)33(26)21-28)39-41(45(54)49(58)47(56)43(39)52)37(40(38)44(53)48(57)46(42)55)29-18-20-35-34(22-29)32-19-17-25-6-2-4-8-31(25)50(32)59-35/h1-22H. The van der Waals surface area contributed by atoms with Crippen LogP contribution in [0, 0.1) is 0 Å². The summed E-state index contributed by atoms with van der Waals surface area (Å²) in [7, 11) is 54.8. The third-order valence-corrected chi connectivity index (χ3v) is 12.2. The molecule has 0 bridgehead atoms. The van der Waals surface area contributed by atoms with Gasteiger partial charge >= 0.3 is 0 Å². The SMILES string of the molecule is [B]c1c([B])c([B])c2c(-c3ccc4oc5c6ccccc6ccc5c4c3)c3c([B])c([B])c([B])c([B])c3c(-c3ccc(-c4ccc5ccc6ccccc6c5c4)cc3)c2c1[B]. The van der Waals surface area contributed by atoms with E-state index in [0.29, 0.717) is 32.7 Å². The zero-order valence-electron chi connectivity index (χ0n) is 31.7. The van der Waals surface area contributed by atoms with Gasteiger partial charge in [0.1, 0.15) is 73.9 Å². The summed E-state index contributed by atoms with van der Waals surface area (Å²) in [6.45, 7) is 0. The lowest BCUT2D eigenvalue weighted by Gasteiger charge is -2.28. The van der Waals surface area contributed by atoms with Crippen molar-refractivity contribution in [2.45, 2.75) is 0 Å². The second-order valence-electron chi connectivity index (χ2n) is 15.3. The van der Waals surface area contributed by atoms with Crippen LogP contribution in [-0.2, 0) is 0 Å². The number of hydrogen-bond donors (Lipinski definition) is 0. The molecule has 0 spiro atoms. The van der Waals surface area contributed by atoms with Crippen LogP contribution in [0.3, 0.4) is 0 Å². The van der Waals surface area contributed by atoms with E-state index in [1.807, 2.05) is 36.4 Å². The molecule has 11 aromatic rings. The van der Waals surface area contributed by atoms with Crippen molar-refractivity contribution in [1.82, 2.24) is 0 Å². The van der Waals surface area contributed by atoms with Crippen LogP contribution < -0.4 is 43.7 Å². The van der Waals surface area contributed by atoms with E-state index in [0.717, 1.165) is 55.0 Å². The molecule has 16 radical (unpaired) electrons. The molecule has 59 heavy (non-hydrogen) atoms.